The molecule has 1 saturated heterocycles. The van der Waals surface area contributed by atoms with Crippen LogP contribution in [0.15, 0.2) is 0 Å². The lowest BCUT2D eigenvalue weighted by Gasteiger charge is -2.31. The van der Waals surface area contributed by atoms with Crippen molar-refractivity contribution in [3.63, 3.8) is 0 Å². The molecule has 0 aliphatic carbocycles. The third kappa shape index (κ3) is 4.52. The molecule has 2 unspecified atom stereocenters. The SMILES string of the molecule is CCC1CCCCCN1CC(C)CNC. The van der Waals surface area contributed by atoms with Crippen LogP contribution in [0.2, 0.25) is 0 Å². The first-order valence-electron chi connectivity index (χ1n) is 6.66. The van der Waals surface area contributed by atoms with Gasteiger partial charge in [-0.15, -0.1) is 0 Å². The molecule has 1 fully saturated rings. The molecule has 0 amide bonds. The fraction of sp³-hybridized carbons (Fsp3) is 1.00. The van der Waals surface area contributed by atoms with E-state index in [9.17, 15) is 0 Å². The molecular weight excluding hydrogens is 184 g/mol. The van der Waals surface area contributed by atoms with Crippen molar-refractivity contribution in [2.24, 2.45) is 5.92 Å². The number of likely N-dealkylation sites (tertiary alicyclic amines) is 1. The quantitative estimate of drug-likeness (QED) is 0.753. The number of hydrogen-bond acceptors (Lipinski definition) is 2. The van der Waals surface area contributed by atoms with Gasteiger partial charge in [0.2, 0.25) is 0 Å². The highest BCUT2D eigenvalue weighted by Crippen LogP contribution is 2.19. The highest BCUT2D eigenvalue weighted by molar-refractivity contribution is 4.76. The van der Waals surface area contributed by atoms with Crippen molar-refractivity contribution in [2.45, 2.75) is 52.0 Å². The van der Waals surface area contributed by atoms with Gasteiger partial charge in [-0.05, 0) is 45.3 Å². The van der Waals surface area contributed by atoms with Gasteiger partial charge in [-0.25, -0.2) is 0 Å². The normalized spacial score (nSPS) is 26.2. The van der Waals surface area contributed by atoms with E-state index >= 15 is 0 Å². The Morgan fingerprint density at radius 2 is 2.13 bits per heavy atom. The standard InChI is InChI=1S/C13H28N2/c1-4-13-8-6-5-7-9-15(13)11-12(2)10-14-3/h12-14H,4-11H2,1-3H3. The summed E-state index contributed by atoms with van der Waals surface area (Å²) in [6.07, 6.45) is 7.03. The Labute approximate surface area is 95.4 Å². The molecule has 0 aromatic carbocycles. The van der Waals surface area contributed by atoms with Crippen molar-refractivity contribution in [3.05, 3.63) is 0 Å². The minimum atomic E-state index is 0.780. The van der Waals surface area contributed by atoms with Crippen molar-refractivity contribution >= 4 is 0 Å². The minimum Gasteiger partial charge on any atom is -0.319 e. The van der Waals surface area contributed by atoms with Gasteiger partial charge in [0.1, 0.15) is 0 Å². The Bertz CT molecular complexity index is 159. The van der Waals surface area contributed by atoms with Crippen LogP contribution in [-0.4, -0.2) is 37.6 Å². The molecule has 90 valence electrons. The average Bonchev–Trinajstić information content (AvgIpc) is 2.43. The van der Waals surface area contributed by atoms with E-state index in [-0.39, 0.29) is 0 Å². The molecule has 0 aromatic heterocycles. The van der Waals surface area contributed by atoms with Crippen LogP contribution in [0.1, 0.15) is 46.0 Å². The molecule has 1 aliphatic rings. The molecule has 1 rings (SSSR count). The molecule has 0 aromatic rings. The Kier molecular flexibility index (Phi) is 6.26. The van der Waals surface area contributed by atoms with E-state index in [1.807, 2.05) is 0 Å². The molecule has 2 nitrogen and oxygen atoms in total. The van der Waals surface area contributed by atoms with Crippen LogP contribution in [0.25, 0.3) is 0 Å². The second-order valence-corrected chi connectivity index (χ2v) is 5.07. The lowest BCUT2D eigenvalue weighted by atomic mass is 10.1. The van der Waals surface area contributed by atoms with Gasteiger partial charge < -0.3 is 10.2 Å². The summed E-state index contributed by atoms with van der Waals surface area (Å²) < 4.78 is 0. The molecule has 2 heteroatoms. The van der Waals surface area contributed by atoms with Crippen molar-refractivity contribution in [1.29, 1.82) is 0 Å². The van der Waals surface area contributed by atoms with E-state index in [1.54, 1.807) is 0 Å². The van der Waals surface area contributed by atoms with E-state index in [2.05, 4.69) is 31.1 Å². The Morgan fingerprint density at radius 3 is 2.80 bits per heavy atom. The molecule has 1 heterocycles. The summed E-state index contributed by atoms with van der Waals surface area (Å²) in [4.78, 5) is 2.73. The number of rotatable bonds is 5. The lowest BCUT2D eigenvalue weighted by Crippen LogP contribution is -2.39. The summed E-state index contributed by atoms with van der Waals surface area (Å²) >= 11 is 0. The van der Waals surface area contributed by atoms with Gasteiger partial charge in [-0.3, -0.25) is 0 Å². The van der Waals surface area contributed by atoms with Gasteiger partial charge in [-0.2, -0.15) is 0 Å². The fourth-order valence-corrected chi connectivity index (χ4v) is 2.75. The van der Waals surface area contributed by atoms with Gasteiger partial charge in [0.05, 0.1) is 0 Å². The van der Waals surface area contributed by atoms with Crippen molar-refractivity contribution in [1.82, 2.24) is 10.2 Å². The smallest absolute Gasteiger partial charge is 0.00927 e. The van der Waals surface area contributed by atoms with E-state index in [0.29, 0.717) is 0 Å². The van der Waals surface area contributed by atoms with Gasteiger partial charge in [0.25, 0.3) is 0 Å². The fourth-order valence-electron chi connectivity index (χ4n) is 2.75. The van der Waals surface area contributed by atoms with Crippen LogP contribution in [0.3, 0.4) is 0 Å². The Hall–Kier alpha value is -0.0800. The predicted molar refractivity (Wildman–Crippen MR) is 67.2 cm³/mol. The number of hydrogen-bond donors (Lipinski definition) is 1. The second-order valence-electron chi connectivity index (χ2n) is 5.07. The summed E-state index contributed by atoms with van der Waals surface area (Å²) in [5, 5.41) is 3.28. The van der Waals surface area contributed by atoms with E-state index < -0.39 is 0 Å². The minimum absolute atomic E-state index is 0.780. The molecule has 0 radical (unpaired) electrons. The molecule has 2 atom stereocenters. The zero-order chi connectivity index (χ0) is 11.1. The summed E-state index contributed by atoms with van der Waals surface area (Å²) in [7, 11) is 2.05. The van der Waals surface area contributed by atoms with Gasteiger partial charge in [-0.1, -0.05) is 26.7 Å². The monoisotopic (exact) mass is 212 g/mol. The second kappa shape index (κ2) is 7.24. The largest absolute Gasteiger partial charge is 0.319 e. The maximum atomic E-state index is 3.28. The summed E-state index contributed by atoms with van der Waals surface area (Å²) in [5.74, 6) is 0.780. The molecule has 1 N–H and O–H groups in total. The van der Waals surface area contributed by atoms with Gasteiger partial charge >= 0.3 is 0 Å². The van der Waals surface area contributed by atoms with Crippen LogP contribution < -0.4 is 5.32 Å². The third-order valence-electron chi connectivity index (χ3n) is 3.57. The maximum absolute atomic E-state index is 3.28. The topological polar surface area (TPSA) is 15.3 Å². The first-order chi connectivity index (χ1) is 7.27. The highest BCUT2D eigenvalue weighted by atomic mass is 15.2. The number of nitrogens with one attached hydrogen (secondary N) is 1. The predicted octanol–water partition coefficient (Wildman–Crippen LogP) is 2.50. The van der Waals surface area contributed by atoms with Crippen LogP contribution in [0.4, 0.5) is 0 Å². The number of nitrogens with zero attached hydrogens (tertiary/aromatic N) is 1. The first-order valence-corrected chi connectivity index (χ1v) is 6.66. The van der Waals surface area contributed by atoms with Crippen molar-refractivity contribution in [3.8, 4) is 0 Å². The summed E-state index contributed by atoms with van der Waals surface area (Å²) in [5.41, 5.74) is 0. The highest BCUT2D eigenvalue weighted by Gasteiger charge is 2.20. The lowest BCUT2D eigenvalue weighted by molar-refractivity contribution is 0.169. The van der Waals surface area contributed by atoms with Crippen LogP contribution >= 0.6 is 0 Å². The Morgan fingerprint density at radius 1 is 1.33 bits per heavy atom. The first kappa shape index (κ1) is 13.0. The van der Waals surface area contributed by atoms with Crippen molar-refractivity contribution < 1.29 is 0 Å². The molecule has 1 aliphatic heterocycles. The van der Waals surface area contributed by atoms with E-state index in [0.717, 1.165) is 18.5 Å². The van der Waals surface area contributed by atoms with Gasteiger partial charge in [0.15, 0.2) is 0 Å². The maximum Gasteiger partial charge on any atom is 0.00927 e. The molecule has 0 bridgehead atoms. The third-order valence-corrected chi connectivity index (χ3v) is 3.57. The zero-order valence-corrected chi connectivity index (χ0v) is 10.8. The molecule has 0 saturated carbocycles. The van der Waals surface area contributed by atoms with Crippen molar-refractivity contribution in [2.75, 3.05) is 26.7 Å². The van der Waals surface area contributed by atoms with Gasteiger partial charge in [0, 0.05) is 12.6 Å². The molecule has 0 spiro atoms. The zero-order valence-electron chi connectivity index (χ0n) is 10.8. The van der Waals surface area contributed by atoms with Crippen LogP contribution in [-0.2, 0) is 0 Å². The Balaban J connectivity index is 2.40. The molecule has 15 heavy (non-hydrogen) atoms. The van der Waals surface area contributed by atoms with E-state index in [1.165, 1.54) is 45.2 Å². The molecular formula is C13H28N2. The summed E-state index contributed by atoms with van der Waals surface area (Å²) in [6.45, 7) is 8.44. The summed E-state index contributed by atoms with van der Waals surface area (Å²) in [6, 6.07) is 0.854. The van der Waals surface area contributed by atoms with Crippen LogP contribution in [0, 0.1) is 5.92 Å². The average molecular weight is 212 g/mol. The van der Waals surface area contributed by atoms with E-state index in [4.69, 9.17) is 0 Å². The van der Waals surface area contributed by atoms with Crippen LogP contribution in [0.5, 0.6) is 0 Å².